The van der Waals surface area contributed by atoms with Gasteiger partial charge in [-0.25, -0.2) is 18.0 Å². The van der Waals surface area contributed by atoms with Crippen molar-refractivity contribution in [1.29, 1.82) is 0 Å². The summed E-state index contributed by atoms with van der Waals surface area (Å²) in [4.78, 5) is 29.1. The number of hydrogen-bond acceptors (Lipinski definition) is 6. The molecule has 1 saturated heterocycles. The number of aliphatic hydroxyl groups excluding tert-OH is 1. The molecule has 160 valence electrons. The second-order valence-corrected chi connectivity index (χ2v) is 6.75. The van der Waals surface area contributed by atoms with E-state index in [1.54, 1.807) is 0 Å². The first-order valence-electron chi connectivity index (χ1n) is 8.98. The van der Waals surface area contributed by atoms with Crippen molar-refractivity contribution < 1.29 is 32.6 Å². The number of carbonyl (C=O) groups is 2. The molecule has 1 aromatic carbocycles. The highest BCUT2D eigenvalue weighted by Gasteiger charge is 2.36. The van der Waals surface area contributed by atoms with Crippen LogP contribution in [-0.4, -0.2) is 48.6 Å². The smallest absolute Gasteiger partial charge is 0.414 e. The minimum atomic E-state index is -1.48. The number of amidine groups is 1. The van der Waals surface area contributed by atoms with Crippen LogP contribution in [0.5, 0.6) is 0 Å². The van der Waals surface area contributed by atoms with Gasteiger partial charge >= 0.3 is 6.09 Å². The molecule has 2 heterocycles. The standard InChI is InChI=1S/C19H19F3N4O4/c1-10(27)6-15(23)24-8-12-9-26(19(29)30-12)14-7-13(20)18(17(22)16(14)21)25-4-2-11(28)3-5-25/h2,4,6-7,12,27H,3,5,8-9H2,1H3,(H2,23,24)/b10-6-. The quantitative estimate of drug-likeness (QED) is 0.326. The third-order valence-corrected chi connectivity index (χ3v) is 4.44. The van der Waals surface area contributed by atoms with E-state index in [2.05, 4.69) is 4.99 Å². The molecule has 2 aliphatic rings. The monoisotopic (exact) mass is 424 g/mol. The first-order valence-corrected chi connectivity index (χ1v) is 8.98. The van der Waals surface area contributed by atoms with Crippen LogP contribution in [0, 0.1) is 17.5 Å². The minimum absolute atomic E-state index is 0.00300. The topological polar surface area (TPSA) is 108 Å². The number of ketones is 1. The van der Waals surface area contributed by atoms with Crippen LogP contribution in [-0.2, 0) is 9.53 Å². The normalized spacial score (nSPS) is 20.2. The number of amides is 1. The van der Waals surface area contributed by atoms with Gasteiger partial charge < -0.3 is 20.5 Å². The molecular weight excluding hydrogens is 405 g/mol. The Kier molecular flexibility index (Phi) is 5.99. The van der Waals surface area contributed by atoms with E-state index in [1.807, 2.05) is 0 Å². The molecule has 0 spiro atoms. The summed E-state index contributed by atoms with van der Waals surface area (Å²) in [5.41, 5.74) is 4.31. The van der Waals surface area contributed by atoms with Crippen molar-refractivity contribution >= 4 is 29.1 Å². The largest absolute Gasteiger partial charge is 0.512 e. The first-order chi connectivity index (χ1) is 14.2. The minimum Gasteiger partial charge on any atom is -0.512 e. The Morgan fingerprint density at radius 2 is 2.10 bits per heavy atom. The number of benzene rings is 1. The van der Waals surface area contributed by atoms with E-state index in [9.17, 15) is 22.8 Å². The number of allylic oxidation sites excluding steroid dienone is 2. The van der Waals surface area contributed by atoms with Gasteiger partial charge in [0, 0.05) is 31.3 Å². The van der Waals surface area contributed by atoms with E-state index >= 15 is 0 Å². The summed E-state index contributed by atoms with van der Waals surface area (Å²) in [6, 6.07) is 0.705. The molecule has 0 radical (unpaired) electrons. The number of nitrogens with zero attached hydrogens (tertiary/aromatic N) is 3. The summed E-state index contributed by atoms with van der Waals surface area (Å²) in [6.07, 6.45) is 1.74. The molecule has 1 amide bonds. The molecule has 1 unspecified atom stereocenters. The molecule has 8 nitrogen and oxygen atoms in total. The van der Waals surface area contributed by atoms with Crippen molar-refractivity contribution in [2.75, 3.05) is 29.4 Å². The van der Waals surface area contributed by atoms with Crippen molar-refractivity contribution in [3.63, 3.8) is 0 Å². The van der Waals surface area contributed by atoms with Crippen LogP contribution in [0.25, 0.3) is 0 Å². The molecular formula is C19H19F3N4O4. The lowest BCUT2D eigenvalue weighted by molar-refractivity contribution is -0.114. The molecule has 1 fully saturated rings. The highest BCUT2D eigenvalue weighted by atomic mass is 19.2. The number of cyclic esters (lactones) is 1. The maximum absolute atomic E-state index is 14.7. The van der Waals surface area contributed by atoms with Crippen LogP contribution in [0.4, 0.5) is 29.3 Å². The van der Waals surface area contributed by atoms with Crippen LogP contribution in [0.1, 0.15) is 13.3 Å². The predicted octanol–water partition coefficient (Wildman–Crippen LogP) is 2.54. The molecule has 1 aromatic rings. The average molecular weight is 424 g/mol. The van der Waals surface area contributed by atoms with Gasteiger partial charge in [-0.1, -0.05) is 0 Å². The van der Waals surface area contributed by atoms with Gasteiger partial charge in [0.05, 0.1) is 24.5 Å². The van der Waals surface area contributed by atoms with Crippen LogP contribution < -0.4 is 15.5 Å². The summed E-state index contributed by atoms with van der Waals surface area (Å²) in [7, 11) is 0. The maximum atomic E-state index is 14.7. The van der Waals surface area contributed by atoms with Gasteiger partial charge in [0.1, 0.15) is 17.6 Å². The van der Waals surface area contributed by atoms with E-state index in [0.29, 0.717) is 6.07 Å². The van der Waals surface area contributed by atoms with Gasteiger partial charge in [-0.2, -0.15) is 0 Å². The van der Waals surface area contributed by atoms with E-state index in [-0.39, 0.29) is 43.4 Å². The van der Waals surface area contributed by atoms with E-state index in [0.717, 1.165) is 15.9 Å². The Labute approximate surface area is 169 Å². The molecule has 0 aliphatic carbocycles. The summed E-state index contributed by atoms with van der Waals surface area (Å²) in [6.45, 7) is 1.10. The summed E-state index contributed by atoms with van der Waals surface area (Å²) >= 11 is 0. The van der Waals surface area contributed by atoms with E-state index in [4.69, 9.17) is 15.6 Å². The van der Waals surface area contributed by atoms with Gasteiger partial charge in [-0.05, 0) is 13.0 Å². The summed E-state index contributed by atoms with van der Waals surface area (Å²) in [5, 5.41) is 9.13. The van der Waals surface area contributed by atoms with Gasteiger partial charge in [-0.3, -0.25) is 14.7 Å². The molecule has 0 aromatic heterocycles. The zero-order valence-corrected chi connectivity index (χ0v) is 15.9. The van der Waals surface area contributed by atoms with Crippen molar-refractivity contribution in [3.05, 3.63) is 47.6 Å². The Morgan fingerprint density at radius 1 is 1.37 bits per heavy atom. The molecule has 11 heteroatoms. The highest BCUT2D eigenvalue weighted by Crippen LogP contribution is 2.35. The van der Waals surface area contributed by atoms with E-state index < -0.39 is 41.0 Å². The number of aliphatic imine (C=N–C) groups is 1. The van der Waals surface area contributed by atoms with E-state index in [1.165, 1.54) is 19.2 Å². The lowest BCUT2D eigenvalue weighted by Gasteiger charge is -2.25. The Bertz CT molecular complexity index is 973. The number of ether oxygens (including phenoxy) is 1. The SMILES string of the molecule is C/C(O)=C/C(N)=NCC1CN(c2cc(F)c(N3C=CC(=O)CC3)c(F)c2F)C(=O)O1. The van der Waals surface area contributed by atoms with Gasteiger partial charge in [0.2, 0.25) is 0 Å². The zero-order chi connectivity index (χ0) is 22.0. The van der Waals surface area contributed by atoms with Crippen molar-refractivity contribution in [2.45, 2.75) is 19.4 Å². The van der Waals surface area contributed by atoms with Crippen LogP contribution >= 0.6 is 0 Å². The lowest BCUT2D eigenvalue weighted by Crippen LogP contribution is -2.29. The average Bonchev–Trinajstić information content (AvgIpc) is 3.04. The van der Waals surface area contributed by atoms with Crippen LogP contribution in [0.3, 0.4) is 0 Å². The number of rotatable bonds is 5. The van der Waals surface area contributed by atoms with Crippen LogP contribution in [0.15, 0.2) is 35.2 Å². The Morgan fingerprint density at radius 3 is 2.73 bits per heavy atom. The molecule has 3 N–H and O–H groups in total. The fourth-order valence-corrected chi connectivity index (χ4v) is 3.06. The van der Waals surface area contributed by atoms with Gasteiger partial charge in [0.25, 0.3) is 0 Å². The number of carbonyl (C=O) groups excluding carboxylic acids is 2. The second-order valence-electron chi connectivity index (χ2n) is 6.75. The van der Waals surface area contributed by atoms with Gasteiger partial charge in [-0.15, -0.1) is 0 Å². The molecule has 1 atom stereocenters. The Balaban J connectivity index is 1.82. The maximum Gasteiger partial charge on any atom is 0.414 e. The Hall–Kier alpha value is -3.50. The summed E-state index contributed by atoms with van der Waals surface area (Å²) < 4.78 is 49.0. The highest BCUT2D eigenvalue weighted by molar-refractivity contribution is 5.93. The van der Waals surface area contributed by atoms with Crippen molar-refractivity contribution in [3.8, 4) is 0 Å². The number of aliphatic hydroxyl groups is 1. The number of hydrogen-bond donors (Lipinski definition) is 2. The van der Waals surface area contributed by atoms with Crippen LogP contribution in [0.2, 0.25) is 0 Å². The first kappa shape index (κ1) is 21.2. The van der Waals surface area contributed by atoms with Gasteiger partial charge in [0.15, 0.2) is 23.2 Å². The molecule has 0 bridgehead atoms. The number of anilines is 2. The number of nitrogens with two attached hydrogens (primary N) is 1. The van der Waals surface area contributed by atoms with Crippen molar-refractivity contribution in [2.24, 2.45) is 10.7 Å². The molecule has 30 heavy (non-hydrogen) atoms. The zero-order valence-electron chi connectivity index (χ0n) is 15.9. The fraction of sp³-hybridized carbons (Fsp3) is 0.316. The molecule has 3 rings (SSSR count). The third-order valence-electron chi connectivity index (χ3n) is 4.44. The van der Waals surface area contributed by atoms with Crippen molar-refractivity contribution in [1.82, 2.24) is 0 Å². The lowest BCUT2D eigenvalue weighted by atomic mass is 10.1. The summed E-state index contributed by atoms with van der Waals surface area (Å²) in [5.74, 6) is -4.28. The second kappa shape index (κ2) is 8.47. The number of halogens is 3. The molecule has 0 saturated carbocycles. The fourth-order valence-electron chi connectivity index (χ4n) is 3.06. The third kappa shape index (κ3) is 4.39. The molecule has 2 aliphatic heterocycles. The predicted molar refractivity (Wildman–Crippen MR) is 103 cm³/mol.